The molecule has 1 N–H and O–H groups in total. The lowest BCUT2D eigenvalue weighted by molar-refractivity contribution is 1.25. The SMILES string of the molecule is c1ccc(NN=C(c2ccccc2)c2ccccn2)cc1. The van der Waals surface area contributed by atoms with Gasteiger partial charge in [0, 0.05) is 11.8 Å². The third-order valence-electron chi connectivity index (χ3n) is 3.03. The summed E-state index contributed by atoms with van der Waals surface area (Å²) in [6, 6.07) is 25.7. The molecule has 0 saturated carbocycles. The second kappa shape index (κ2) is 6.48. The molecule has 102 valence electrons. The molecule has 3 aromatic rings. The van der Waals surface area contributed by atoms with E-state index in [0.29, 0.717) is 0 Å². The Morgan fingerprint density at radius 1 is 0.762 bits per heavy atom. The van der Waals surface area contributed by atoms with Gasteiger partial charge in [-0.2, -0.15) is 5.10 Å². The fourth-order valence-electron chi connectivity index (χ4n) is 2.00. The molecule has 1 heterocycles. The molecule has 21 heavy (non-hydrogen) atoms. The first-order chi connectivity index (χ1) is 10.4. The molecule has 0 aliphatic carbocycles. The molecule has 0 unspecified atom stereocenters. The number of para-hydroxylation sites is 1. The maximum absolute atomic E-state index is 4.54. The quantitative estimate of drug-likeness (QED) is 0.577. The van der Waals surface area contributed by atoms with Crippen LogP contribution in [0.2, 0.25) is 0 Å². The maximum Gasteiger partial charge on any atom is 0.116 e. The number of hydrogen-bond acceptors (Lipinski definition) is 3. The standard InChI is InChI=1S/C18H15N3/c1-3-9-15(10-4-1)18(17-13-7-8-14-19-17)21-20-16-11-5-2-6-12-16/h1-14,20H. The Bertz CT molecular complexity index is 666. The predicted octanol–water partition coefficient (Wildman–Crippen LogP) is 3.95. The highest BCUT2D eigenvalue weighted by atomic mass is 15.3. The largest absolute Gasteiger partial charge is 0.278 e. The van der Waals surface area contributed by atoms with Crippen molar-refractivity contribution < 1.29 is 0 Å². The van der Waals surface area contributed by atoms with Crippen molar-refractivity contribution in [1.29, 1.82) is 0 Å². The van der Waals surface area contributed by atoms with Crippen LogP contribution in [-0.2, 0) is 0 Å². The summed E-state index contributed by atoms with van der Waals surface area (Å²) in [5, 5.41) is 4.54. The van der Waals surface area contributed by atoms with E-state index in [2.05, 4.69) is 15.5 Å². The van der Waals surface area contributed by atoms with Gasteiger partial charge in [-0.25, -0.2) is 0 Å². The van der Waals surface area contributed by atoms with Crippen LogP contribution in [0.3, 0.4) is 0 Å². The van der Waals surface area contributed by atoms with Crippen LogP contribution >= 0.6 is 0 Å². The zero-order chi connectivity index (χ0) is 14.3. The molecule has 0 atom stereocenters. The summed E-state index contributed by atoms with van der Waals surface area (Å²) in [4.78, 5) is 4.40. The number of hydrogen-bond donors (Lipinski definition) is 1. The predicted molar refractivity (Wildman–Crippen MR) is 86.4 cm³/mol. The van der Waals surface area contributed by atoms with E-state index in [1.807, 2.05) is 78.9 Å². The van der Waals surface area contributed by atoms with E-state index in [1.54, 1.807) is 6.20 Å². The Morgan fingerprint density at radius 2 is 1.43 bits per heavy atom. The highest BCUT2D eigenvalue weighted by Crippen LogP contribution is 2.11. The van der Waals surface area contributed by atoms with Crippen molar-refractivity contribution in [2.45, 2.75) is 0 Å². The molecule has 1 aromatic heterocycles. The zero-order valence-electron chi connectivity index (χ0n) is 11.5. The van der Waals surface area contributed by atoms with Crippen LogP contribution in [-0.4, -0.2) is 10.7 Å². The van der Waals surface area contributed by atoms with E-state index in [4.69, 9.17) is 0 Å². The second-order valence-corrected chi connectivity index (χ2v) is 4.52. The number of pyridine rings is 1. The molecule has 3 heteroatoms. The summed E-state index contributed by atoms with van der Waals surface area (Å²) >= 11 is 0. The van der Waals surface area contributed by atoms with Crippen molar-refractivity contribution in [3.63, 3.8) is 0 Å². The van der Waals surface area contributed by atoms with Crippen LogP contribution in [0, 0.1) is 0 Å². The maximum atomic E-state index is 4.54. The Hall–Kier alpha value is -2.94. The first-order valence-corrected chi connectivity index (χ1v) is 6.79. The summed E-state index contributed by atoms with van der Waals surface area (Å²) in [6.07, 6.45) is 1.77. The lowest BCUT2D eigenvalue weighted by Crippen LogP contribution is -2.08. The van der Waals surface area contributed by atoms with Crippen molar-refractivity contribution in [3.8, 4) is 0 Å². The Morgan fingerprint density at radius 3 is 2.10 bits per heavy atom. The van der Waals surface area contributed by atoms with Crippen LogP contribution in [0.15, 0.2) is 90.2 Å². The average molecular weight is 273 g/mol. The number of hydrazone groups is 1. The second-order valence-electron chi connectivity index (χ2n) is 4.52. The van der Waals surface area contributed by atoms with E-state index < -0.39 is 0 Å². The van der Waals surface area contributed by atoms with Gasteiger partial charge in [-0.15, -0.1) is 0 Å². The summed E-state index contributed by atoms with van der Waals surface area (Å²) in [7, 11) is 0. The van der Waals surface area contributed by atoms with Crippen molar-refractivity contribution in [2.75, 3.05) is 5.43 Å². The van der Waals surface area contributed by atoms with Crippen LogP contribution in [0.5, 0.6) is 0 Å². The molecular formula is C18H15N3. The number of nitrogens with zero attached hydrogens (tertiary/aromatic N) is 2. The highest BCUT2D eigenvalue weighted by Gasteiger charge is 2.07. The first kappa shape index (κ1) is 13.1. The summed E-state index contributed by atoms with van der Waals surface area (Å²) in [5.41, 5.74) is 6.72. The van der Waals surface area contributed by atoms with Gasteiger partial charge in [0.05, 0.1) is 11.4 Å². The molecule has 3 nitrogen and oxygen atoms in total. The molecule has 0 fully saturated rings. The lowest BCUT2D eigenvalue weighted by atomic mass is 10.1. The number of rotatable bonds is 4. The Labute approximate surface area is 124 Å². The van der Waals surface area contributed by atoms with Crippen LogP contribution in [0.25, 0.3) is 0 Å². The zero-order valence-corrected chi connectivity index (χ0v) is 11.5. The third-order valence-corrected chi connectivity index (χ3v) is 3.03. The fourth-order valence-corrected chi connectivity index (χ4v) is 2.00. The highest BCUT2D eigenvalue weighted by molar-refractivity contribution is 6.11. The Balaban J connectivity index is 1.97. The van der Waals surface area contributed by atoms with Gasteiger partial charge in [-0.1, -0.05) is 54.6 Å². The monoisotopic (exact) mass is 273 g/mol. The van der Waals surface area contributed by atoms with Gasteiger partial charge in [0.15, 0.2) is 0 Å². The van der Waals surface area contributed by atoms with Crippen LogP contribution in [0.1, 0.15) is 11.3 Å². The first-order valence-electron chi connectivity index (χ1n) is 6.79. The molecule has 0 spiro atoms. The number of anilines is 1. The number of aromatic nitrogens is 1. The fraction of sp³-hybridized carbons (Fsp3) is 0. The molecule has 0 aliphatic heterocycles. The van der Waals surface area contributed by atoms with E-state index in [1.165, 1.54) is 0 Å². The molecule has 0 amide bonds. The molecule has 0 bridgehead atoms. The minimum absolute atomic E-state index is 0.819. The van der Waals surface area contributed by atoms with Gasteiger partial charge in [-0.3, -0.25) is 10.4 Å². The van der Waals surface area contributed by atoms with Gasteiger partial charge in [0.1, 0.15) is 5.71 Å². The van der Waals surface area contributed by atoms with E-state index in [0.717, 1.165) is 22.7 Å². The van der Waals surface area contributed by atoms with Gasteiger partial charge < -0.3 is 0 Å². The van der Waals surface area contributed by atoms with Gasteiger partial charge in [0.2, 0.25) is 0 Å². The average Bonchev–Trinajstić information content (AvgIpc) is 2.58. The smallest absolute Gasteiger partial charge is 0.116 e. The molecule has 3 rings (SSSR count). The number of benzene rings is 2. The molecule has 0 saturated heterocycles. The molecule has 0 aliphatic rings. The molecule has 0 radical (unpaired) electrons. The summed E-state index contributed by atoms with van der Waals surface area (Å²) in [5.74, 6) is 0. The summed E-state index contributed by atoms with van der Waals surface area (Å²) in [6.45, 7) is 0. The van der Waals surface area contributed by atoms with Crippen LogP contribution in [0.4, 0.5) is 5.69 Å². The van der Waals surface area contributed by atoms with E-state index >= 15 is 0 Å². The van der Waals surface area contributed by atoms with Crippen molar-refractivity contribution >= 4 is 11.4 Å². The van der Waals surface area contributed by atoms with Gasteiger partial charge in [-0.05, 0) is 24.3 Å². The minimum atomic E-state index is 0.819. The van der Waals surface area contributed by atoms with Gasteiger partial charge >= 0.3 is 0 Å². The van der Waals surface area contributed by atoms with Crippen molar-refractivity contribution in [2.24, 2.45) is 5.10 Å². The van der Waals surface area contributed by atoms with E-state index in [9.17, 15) is 0 Å². The normalized spacial score (nSPS) is 11.1. The topological polar surface area (TPSA) is 37.3 Å². The van der Waals surface area contributed by atoms with Crippen molar-refractivity contribution in [3.05, 3.63) is 96.3 Å². The Kier molecular flexibility index (Phi) is 4.03. The van der Waals surface area contributed by atoms with Crippen LogP contribution < -0.4 is 5.43 Å². The van der Waals surface area contributed by atoms with Gasteiger partial charge in [0.25, 0.3) is 0 Å². The molecule has 2 aromatic carbocycles. The third kappa shape index (κ3) is 3.34. The van der Waals surface area contributed by atoms with Crippen molar-refractivity contribution in [1.82, 2.24) is 4.98 Å². The van der Waals surface area contributed by atoms with E-state index in [-0.39, 0.29) is 0 Å². The summed E-state index contributed by atoms with van der Waals surface area (Å²) < 4.78 is 0. The lowest BCUT2D eigenvalue weighted by Gasteiger charge is -2.07. The minimum Gasteiger partial charge on any atom is -0.278 e. The molecular weight excluding hydrogens is 258 g/mol. The number of nitrogens with one attached hydrogen (secondary N) is 1.